The van der Waals surface area contributed by atoms with E-state index in [9.17, 15) is 20.0 Å². The van der Waals surface area contributed by atoms with Gasteiger partial charge in [-0.3, -0.25) is 14.6 Å². The van der Waals surface area contributed by atoms with Gasteiger partial charge in [0, 0.05) is 11.1 Å². The number of aryl methyl sites for hydroxylation is 1. The molecule has 0 spiro atoms. The Morgan fingerprint density at radius 2 is 1.57 bits per heavy atom. The normalized spacial score (nSPS) is 12.1. The number of phenolic OH excluding ortho intramolecular Hbond substituents is 1. The van der Waals surface area contributed by atoms with Gasteiger partial charge in [0.05, 0.1) is 39.4 Å². The summed E-state index contributed by atoms with van der Waals surface area (Å²) in [5, 5.41) is 27.0. The third-order valence-corrected chi connectivity index (χ3v) is 5.25. The van der Waals surface area contributed by atoms with Crippen LogP contribution in [-0.2, 0) is 9.37 Å². The van der Waals surface area contributed by atoms with Crippen LogP contribution in [0.15, 0.2) is 59.5 Å². The average molecular weight is 431 g/mol. The second kappa shape index (κ2) is 9.32. The Morgan fingerprint density at radius 3 is 2.23 bits per heavy atom. The molecule has 1 aliphatic carbocycles. The Kier molecular flexibility index (Phi) is 6.99. The third-order valence-electron chi connectivity index (χ3n) is 4.61. The van der Waals surface area contributed by atoms with Crippen molar-refractivity contribution < 1.29 is 58.9 Å². The van der Waals surface area contributed by atoms with Crippen molar-refractivity contribution in [3.63, 3.8) is 0 Å². The van der Waals surface area contributed by atoms with Crippen LogP contribution in [0.2, 0.25) is 0 Å². The summed E-state index contributed by atoms with van der Waals surface area (Å²) in [5.41, 5.74) is 2.38. The zero-order valence-electron chi connectivity index (χ0n) is 16.1. The minimum absolute atomic E-state index is 0. The van der Waals surface area contributed by atoms with Gasteiger partial charge in [0.1, 0.15) is 5.75 Å². The fraction of sp³-hybridized carbons (Fsp3) is 0.0476. The molecule has 30 heavy (non-hydrogen) atoms. The van der Waals surface area contributed by atoms with Gasteiger partial charge in [0.15, 0.2) is 11.6 Å². The Bertz CT molecular complexity index is 1150. The summed E-state index contributed by atoms with van der Waals surface area (Å²) in [6.07, 6.45) is 0. The SMILES string of the molecule is Cc1ccc(Nc2ccc(O)c3c2C(=O)c2ccccc2C3=O)c(SOO[O-])c1.[Na+]. The number of carbonyl (C=O) groups is 2. The largest absolute Gasteiger partial charge is 1.00 e. The van der Waals surface area contributed by atoms with Crippen LogP contribution < -0.4 is 40.1 Å². The van der Waals surface area contributed by atoms with Crippen molar-refractivity contribution in [2.75, 3.05) is 5.32 Å². The number of rotatable bonds is 5. The van der Waals surface area contributed by atoms with Crippen LogP contribution in [0.25, 0.3) is 0 Å². The number of hydrogen-bond donors (Lipinski definition) is 2. The maximum absolute atomic E-state index is 13.1. The fourth-order valence-corrected chi connectivity index (χ4v) is 3.85. The van der Waals surface area contributed by atoms with Crippen molar-refractivity contribution in [3.05, 3.63) is 82.4 Å². The molecule has 1 aliphatic rings. The Hall–Kier alpha value is -2.17. The van der Waals surface area contributed by atoms with E-state index >= 15 is 0 Å². The number of ketones is 2. The van der Waals surface area contributed by atoms with Gasteiger partial charge in [-0.2, -0.15) is 4.33 Å². The molecule has 0 heterocycles. The van der Waals surface area contributed by atoms with Crippen LogP contribution in [0.5, 0.6) is 5.75 Å². The quantitative estimate of drug-likeness (QED) is 0.154. The summed E-state index contributed by atoms with van der Waals surface area (Å²) >= 11 is 0.712. The molecule has 0 radical (unpaired) electrons. The molecule has 0 amide bonds. The number of hydrogen-bond acceptors (Lipinski definition) is 8. The molecule has 0 unspecified atom stereocenters. The average Bonchev–Trinajstić information content (AvgIpc) is 2.73. The molecule has 3 aromatic rings. The molecule has 0 bridgehead atoms. The Morgan fingerprint density at radius 1 is 0.933 bits per heavy atom. The smallest absolute Gasteiger partial charge is 0.691 e. The van der Waals surface area contributed by atoms with E-state index in [2.05, 4.69) is 14.7 Å². The van der Waals surface area contributed by atoms with Gasteiger partial charge in [0.2, 0.25) is 0 Å². The number of benzene rings is 3. The standard InChI is InChI=1S/C21H15NO6S.Na/c1-11-6-7-14(17(10-11)29-28-27-26)22-15-8-9-16(23)19-18(15)20(24)12-4-2-3-5-13(12)21(19)25;/h2-10,22-23,26H,1H3;/q;+1/p-1. The second-order valence-electron chi connectivity index (χ2n) is 6.43. The van der Waals surface area contributed by atoms with Crippen molar-refractivity contribution in [3.8, 4) is 5.75 Å². The van der Waals surface area contributed by atoms with Crippen LogP contribution in [0.1, 0.15) is 37.4 Å². The molecule has 3 aromatic carbocycles. The zero-order valence-corrected chi connectivity index (χ0v) is 18.9. The summed E-state index contributed by atoms with van der Waals surface area (Å²) in [4.78, 5) is 26.6. The van der Waals surface area contributed by atoms with E-state index in [-0.39, 0.29) is 63.3 Å². The maximum atomic E-state index is 13.1. The minimum atomic E-state index is -0.419. The number of aromatic hydroxyl groups is 1. The Labute approximate surface area is 198 Å². The van der Waals surface area contributed by atoms with Gasteiger partial charge < -0.3 is 15.7 Å². The van der Waals surface area contributed by atoms with Gasteiger partial charge in [-0.25, -0.2) is 0 Å². The monoisotopic (exact) mass is 431 g/mol. The predicted octanol–water partition coefficient (Wildman–Crippen LogP) is 0.454. The topological polar surface area (TPSA) is 108 Å². The first-order valence-corrected chi connectivity index (χ1v) is 9.30. The Balaban J connectivity index is 0.00000256. The summed E-state index contributed by atoms with van der Waals surface area (Å²) in [5.74, 6) is -1.05. The molecular weight excluding hydrogens is 417 g/mol. The molecule has 7 nitrogen and oxygen atoms in total. The first-order chi connectivity index (χ1) is 14.0. The molecule has 4 rings (SSSR count). The number of nitrogens with one attached hydrogen (secondary N) is 1. The number of phenols is 1. The van der Waals surface area contributed by atoms with Crippen molar-refractivity contribution >= 4 is 35.0 Å². The maximum Gasteiger partial charge on any atom is 1.00 e. The van der Waals surface area contributed by atoms with E-state index in [1.165, 1.54) is 12.1 Å². The van der Waals surface area contributed by atoms with Gasteiger partial charge in [-0.1, -0.05) is 30.3 Å². The van der Waals surface area contributed by atoms with E-state index in [0.717, 1.165) is 5.56 Å². The second-order valence-corrected chi connectivity index (χ2v) is 7.17. The predicted molar refractivity (Wildman–Crippen MR) is 104 cm³/mol. The van der Waals surface area contributed by atoms with Crippen LogP contribution in [-0.4, -0.2) is 16.7 Å². The number of carbonyl (C=O) groups excluding carboxylic acids is 2. The van der Waals surface area contributed by atoms with E-state index in [4.69, 9.17) is 0 Å². The molecule has 0 fully saturated rings. The first kappa shape index (κ1) is 22.5. The first-order valence-electron chi connectivity index (χ1n) is 8.56. The van der Waals surface area contributed by atoms with Crippen LogP contribution >= 0.6 is 12.0 Å². The van der Waals surface area contributed by atoms with E-state index in [0.29, 0.717) is 28.3 Å². The molecule has 146 valence electrons. The third kappa shape index (κ3) is 4.03. The molecule has 0 saturated heterocycles. The van der Waals surface area contributed by atoms with Gasteiger partial charge in [-0.05, 0) is 36.8 Å². The van der Waals surface area contributed by atoms with Crippen molar-refractivity contribution in [1.82, 2.24) is 0 Å². The fourth-order valence-electron chi connectivity index (χ4n) is 3.31. The molecule has 0 aromatic heterocycles. The molecule has 9 heteroatoms. The van der Waals surface area contributed by atoms with Crippen LogP contribution in [0.4, 0.5) is 11.4 Å². The van der Waals surface area contributed by atoms with Gasteiger partial charge in [-0.15, -0.1) is 0 Å². The molecule has 0 aliphatic heterocycles. The summed E-state index contributed by atoms with van der Waals surface area (Å²) in [6, 6.07) is 14.7. The number of fused-ring (bicyclic) bond motifs is 2. The molecule has 2 N–H and O–H groups in total. The molecule has 0 atom stereocenters. The number of anilines is 2. The van der Waals surface area contributed by atoms with E-state index in [1.807, 2.05) is 13.0 Å². The van der Waals surface area contributed by atoms with Crippen molar-refractivity contribution in [2.24, 2.45) is 0 Å². The summed E-state index contributed by atoms with van der Waals surface area (Å²) in [7, 11) is 0. The van der Waals surface area contributed by atoms with Crippen molar-refractivity contribution in [1.29, 1.82) is 0 Å². The molecule has 0 saturated carbocycles. The van der Waals surface area contributed by atoms with Crippen molar-refractivity contribution in [2.45, 2.75) is 11.8 Å². The van der Waals surface area contributed by atoms with E-state index < -0.39 is 5.78 Å². The van der Waals surface area contributed by atoms with Gasteiger partial charge in [0.25, 0.3) is 0 Å². The molecular formula is C21H14NNaO6S. The minimum Gasteiger partial charge on any atom is -0.691 e. The van der Waals surface area contributed by atoms with E-state index in [1.54, 1.807) is 36.4 Å². The zero-order chi connectivity index (χ0) is 20.5. The summed E-state index contributed by atoms with van der Waals surface area (Å²) < 4.78 is 4.43. The van der Waals surface area contributed by atoms with Crippen LogP contribution in [0.3, 0.4) is 0 Å². The van der Waals surface area contributed by atoms with Gasteiger partial charge >= 0.3 is 29.6 Å². The van der Waals surface area contributed by atoms with Crippen LogP contribution in [0, 0.1) is 6.92 Å². The summed E-state index contributed by atoms with van der Waals surface area (Å²) in [6.45, 7) is 1.87.